The van der Waals surface area contributed by atoms with Crippen molar-refractivity contribution in [1.29, 1.82) is 0 Å². The van der Waals surface area contributed by atoms with Gasteiger partial charge < -0.3 is 20.3 Å². The third-order valence-corrected chi connectivity index (χ3v) is 4.17. The van der Waals surface area contributed by atoms with Gasteiger partial charge in [-0.15, -0.1) is 0 Å². The number of nitrogens with zero attached hydrogens (tertiary/aromatic N) is 2. The number of likely N-dealkylation sites (tertiary alicyclic amines) is 2. The van der Waals surface area contributed by atoms with Crippen LogP contribution in [0.25, 0.3) is 0 Å². The predicted molar refractivity (Wildman–Crippen MR) is 70.4 cm³/mol. The molecule has 1 amide bonds. The predicted octanol–water partition coefficient (Wildman–Crippen LogP) is -0.567. The summed E-state index contributed by atoms with van der Waals surface area (Å²) in [6.07, 6.45) is 2.26. The molecule has 2 aliphatic rings. The summed E-state index contributed by atoms with van der Waals surface area (Å²) < 4.78 is 4.73. The minimum Gasteiger partial charge on any atom is -0.456 e. The quantitative estimate of drug-likeness (QED) is 0.692. The first-order valence-corrected chi connectivity index (χ1v) is 6.88. The van der Waals surface area contributed by atoms with Gasteiger partial charge in [0.1, 0.15) is 0 Å². The third kappa shape index (κ3) is 3.45. The third-order valence-electron chi connectivity index (χ3n) is 4.17. The maximum Gasteiger partial charge on any atom is 0.303 e. The van der Waals surface area contributed by atoms with E-state index in [-0.39, 0.29) is 12.5 Å². The summed E-state index contributed by atoms with van der Waals surface area (Å²) in [6.45, 7) is 6.63. The van der Waals surface area contributed by atoms with E-state index >= 15 is 0 Å². The van der Waals surface area contributed by atoms with E-state index in [1.165, 1.54) is 6.92 Å². The maximum absolute atomic E-state index is 11.7. The molecule has 0 radical (unpaired) electrons. The number of carbonyl (C=O) groups is 2. The van der Waals surface area contributed by atoms with Crippen molar-refractivity contribution in [3.05, 3.63) is 0 Å². The Morgan fingerprint density at radius 1 is 1.26 bits per heavy atom. The smallest absolute Gasteiger partial charge is 0.303 e. The average Bonchev–Trinajstić information content (AvgIpc) is 2.35. The lowest BCUT2D eigenvalue weighted by Crippen LogP contribution is -2.62. The van der Waals surface area contributed by atoms with Gasteiger partial charge in [-0.3, -0.25) is 9.59 Å². The zero-order valence-corrected chi connectivity index (χ0v) is 11.6. The zero-order chi connectivity index (χ0) is 13.9. The Hall–Kier alpha value is -1.14. The van der Waals surface area contributed by atoms with Gasteiger partial charge in [-0.25, -0.2) is 0 Å². The topological polar surface area (TPSA) is 75.9 Å². The molecule has 1 spiro atoms. The number of ether oxygens (including phenoxy) is 1. The molecule has 0 bridgehead atoms. The molecule has 2 fully saturated rings. The Balaban J connectivity index is 1.71. The molecule has 0 atom stereocenters. The van der Waals surface area contributed by atoms with Crippen molar-refractivity contribution in [1.82, 2.24) is 9.80 Å². The molecule has 0 saturated carbocycles. The largest absolute Gasteiger partial charge is 0.456 e. The van der Waals surface area contributed by atoms with Crippen molar-refractivity contribution >= 4 is 11.9 Å². The van der Waals surface area contributed by atoms with Crippen LogP contribution in [0.15, 0.2) is 0 Å². The van der Waals surface area contributed by atoms with Crippen molar-refractivity contribution in [2.75, 3.05) is 45.9 Å². The first-order valence-electron chi connectivity index (χ1n) is 6.88. The molecule has 6 nitrogen and oxygen atoms in total. The lowest BCUT2D eigenvalue weighted by molar-refractivity contribution is -0.158. The molecule has 0 aliphatic carbocycles. The van der Waals surface area contributed by atoms with Crippen molar-refractivity contribution < 1.29 is 14.3 Å². The normalized spacial score (nSPS) is 22.1. The number of hydrogen-bond donors (Lipinski definition) is 1. The van der Waals surface area contributed by atoms with Crippen molar-refractivity contribution in [3.8, 4) is 0 Å². The molecule has 2 aliphatic heterocycles. The van der Waals surface area contributed by atoms with Gasteiger partial charge >= 0.3 is 5.97 Å². The Morgan fingerprint density at radius 2 is 1.89 bits per heavy atom. The SMILES string of the molecule is CC(=O)OCC(=O)N1CC2(CCN(CCN)CC2)C1. The van der Waals surface area contributed by atoms with Gasteiger partial charge in [-0.1, -0.05) is 0 Å². The number of rotatable bonds is 4. The van der Waals surface area contributed by atoms with E-state index in [2.05, 4.69) is 4.90 Å². The van der Waals surface area contributed by atoms with Gasteiger partial charge in [0.05, 0.1) is 0 Å². The van der Waals surface area contributed by atoms with Crippen LogP contribution in [0.5, 0.6) is 0 Å². The van der Waals surface area contributed by atoms with Crippen LogP contribution in [0, 0.1) is 5.41 Å². The molecule has 2 saturated heterocycles. The second kappa shape index (κ2) is 5.88. The number of nitrogens with two attached hydrogens (primary N) is 1. The highest BCUT2D eigenvalue weighted by Gasteiger charge is 2.46. The Bertz CT molecular complexity index is 343. The monoisotopic (exact) mass is 269 g/mol. The first-order chi connectivity index (χ1) is 9.04. The molecule has 2 N–H and O–H groups in total. The molecule has 0 aromatic heterocycles. The fraction of sp³-hybridized carbons (Fsp3) is 0.846. The van der Waals surface area contributed by atoms with E-state index < -0.39 is 5.97 Å². The molecule has 0 aromatic carbocycles. The highest BCUT2D eigenvalue weighted by atomic mass is 16.5. The van der Waals surface area contributed by atoms with Crippen LogP contribution >= 0.6 is 0 Å². The van der Waals surface area contributed by atoms with E-state index in [9.17, 15) is 9.59 Å². The molecule has 2 heterocycles. The number of piperidine rings is 1. The Labute approximate surface area is 113 Å². The summed E-state index contributed by atoms with van der Waals surface area (Å²) in [6, 6.07) is 0. The van der Waals surface area contributed by atoms with Crippen LogP contribution in [0.1, 0.15) is 19.8 Å². The van der Waals surface area contributed by atoms with E-state index in [1.807, 2.05) is 0 Å². The minimum atomic E-state index is -0.404. The number of amides is 1. The average molecular weight is 269 g/mol. The molecule has 2 rings (SSSR count). The van der Waals surface area contributed by atoms with Gasteiger partial charge in [0.2, 0.25) is 0 Å². The highest BCUT2D eigenvalue weighted by molar-refractivity contribution is 5.80. The number of carbonyl (C=O) groups excluding carboxylic acids is 2. The molecule has 108 valence electrons. The molecule has 0 aromatic rings. The zero-order valence-electron chi connectivity index (χ0n) is 11.6. The van der Waals surface area contributed by atoms with Crippen molar-refractivity contribution in [3.63, 3.8) is 0 Å². The van der Waals surface area contributed by atoms with E-state index in [0.717, 1.165) is 45.6 Å². The molecule has 0 unspecified atom stereocenters. The van der Waals surface area contributed by atoms with E-state index in [1.54, 1.807) is 4.90 Å². The van der Waals surface area contributed by atoms with Crippen molar-refractivity contribution in [2.24, 2.45) is 11.1 Å². The van der Waals surface area contributed by atoms with Gasteiger partial charge in [-0.05, 0) is 25.9 Å². The van der Waals surface area contributed by atoms with Crippen LogP contribution in [-0.4, -0.2) is 67.6 Å². The van der Waals surface area contributed by atoms with Gasteiger partial charge in [-0.2, -0.15) is 0 Å². The Morgan fingerprint density at radius 3 is 2.42 bits per heavy atom. The first kappa shape index (κ1) is 14.3. The van der Waals surface area contributed by atoms with Crippen LogP contribution < -0.4 is 5.73 Å². The minimum absolute atomic E-state index is 0.0785. The highest BCUT2D eigenvalue weighted by Crippen LogP contribution is 2.40. The summed E-state index contributed by atoms with van der Waals surface area (Å²) in [5.74, 6) is -0.483. The van der Waals surface area contributed by atoms with Gasteiger partial charge in [0, 0.05) is 38.5 Å². The van der Waals surface area contributed by atoms with Crippen LogP contribution in [0.4, 0.5) is 0 Å². The van der Waals surface area contributed by atoms with Gasteiger partial charge in [0.15, 0.2) is 6.61 Å². The summed E-state index contributed by atoms with van der Waals surface area (Å²) in [4.78, 5) is 26.6. The number of esters is 1. The second-order valence-corrected chi connectivity index (χ2v) is 5.66. The second-order valence-electron chi connectivity index (χ2n) is 5.66. The van der Waals surface area contributed by atoms with Gasteiger partial charge in [0.25, 0.3) is 5.91 Å². The van der Waals surface area contributed by atoms with Crippen LogP contribution in [-0.2, 0) is 14.3 Å². The Kier molecular flexibility index (Phi) is 4.42. The maximum atomic E-state index is 11.7. The standard InChI is InChI=1S/C13H23N3O3/c1-11(17)19-8-12(18)16-9-13(10-16)2-5-15(6-3-13)7-4-14/h2-10,14H2,1H3. The van der Waals surface area contributed by atoms with Crippen molar-refractivity contribution in [2.45, 2.75) is 19.8 Å². The molecular formula is C13H23N3O3. The molecular weight excluding hydrogens is 246 g/mol. The van der Waals surface area contributed by atoms with E-state index in [4.69, 9.17) is 10.5 Å². The lowest BCUT2D eigenvalue weighted by Gasteiger charge is -2.54. The summed E-state index contributed by atoms with van der Waals surface area (Å²) in [7, 11) is 0. The summed E-state index contributed by atoms with van der Waals surface area (Å²) >= 11 is 0. The molecule has 6 heteroatoms. The lowest BCUT2D eigenvalue weighted by atomic mass is 9.72. The van der Waals surface area contributed by atoms with Crippen LogP contribution in [0.3, 0.4) is 0 Å². The summed E-state index contributed by atoms with van der Waals surface area (Å²) in [5, 5.41) is 0. The van der Waals surface area contributed by atoms with E-state index in [0.29, 0.717) is 12.0 Å². The van der Waals surface area contributed by atoms with Crippen LogP contribution in [0.2, 0.25) is 0 Å². The molecule has 19 heavy (non-hydrogen) atoms. The number of hydrogen-bond acceptors (Lipinski definition) is 5. The fourth-order valence-electron chi connectivity index (χ4n) is 2.94. The summed E-state index contributed by atoms with van der Waals surface area (Å²) in [5.41, 5.74) is 5.86. The fourth-order valence-corrected chi connectivity index (χ4v) is 2.94.